The summed E-state index contributed by atoms with van der Waals surface area (Å²) in [7, 11) is 0. The van der Waals surface area contributed by atoms with Crippen LogP contribution < -0.4 is 10.6 Å². The Morgan fingerprint density at radius 2 is 1.54 bits per heavy atom. The Bertz CT molecular complexity index is 1120. The first-order valence-corrected chi connectivity index (χ1v) is 10.6. The first kappa shape index (κ1) is 27.5. The number of benzene rings is 2. The summed E-state index contributed by atoms with van der Waals surface area (Å²) in [6.07, 6.45) is -1.51. The van der Waals surface area contributed by atoms with Crippen molar-refractivity contribution in [2.75, 3.05) is 13.1 Å². The molecule has 0 spiro atoms. The normalized spacial score (nSPS) is 11.7. The highest BCUT2D eigenvalue weighted by molar-refractivity contribution is 5.94. The van der Waals surface area contributed by atoms with Crippen molar-refractivity contribution in [1.82, 2.24) is 15.6 Å². The monoisotopic (exact) mass is 491 g/mol. The number of pyridine rings is 1. The van der Waals surface area contributed by atoms with Crippen LogP contribution in [-0.2, 0) is 4.79 Å². The summed E-state index contributed by atoms with van der Waals surface area (Å²) in [5, 5.41) is 13.3. The van der Waals surface area contributed by atoms with Crippen LogP contribution in [0.25, 0.3) is 11.1 Å². The number of aryl methyl sites for hydroxylation is 1. The molecule has 0 aliphatic carbocycles. The molecule has 35 heavy (non-hydrogen) atoms. The number of carbonyl (C=O) groups is 2. The van der Waals surface area contributed by atoms with Gasteiger partial charge in [-0.25, -0.2) is 9.18 Å². The number of nitrogens with zero attached hydrogens (tertiary/aromatic N) is 1. The van der Waals surface area contributed by atoms with Crippen molar-refractivity contribution < 1.29 is 32.3 Å². The van der Waals surface area contributed by atoms with Gasteiger partial charge in [0.05, 0.1) is 0 Å². The standard InChI is InChI=1S/C23H24FN3O.C2HF3O2/c1-16-3-4-21(15-22(16)24)23(28)27-14-13-26-17(2)18-5-7-19(8-6-18)20-9-11-25-12-10-20;3-2(4,5)1(6)7/h3-12,15,17,26H,13-14H2,1-2H3,(H,27,28);(H,6,7). The highest BCUT2D eigenvalue weighted by Crippen LogP contribution is 2.21. The molecule has 0 radical (unpaired) electrons. The van der Waals surface area contributed by atoms with E-state index in [1.54, 1.807) is 31.5 Å². The summed E-state index contributed by atoms with van der Waals surface area (Å²) in [6.45, 7) is 4.84. The molecular formula is C25H25F4N3O3. The fourth-order valence-corrected chi connectivity index (χ4v) is 2.93. The number of carboxylic acids is 1. The number of aliphatic carboxylic acids is 1. The Balaban J connectivity index is 0.000000540. The number of carboxylic acid groups (broad SMARTS) is 1. The zero-order chi connectivity index (χ0) is 26.0. The Hall–Kier alpha value is -3.79. The quantitative estimate of drug-likeness (QED) is 0.323. The van der Waals surface area contributed by atoms with Crippen molar-refractivity contribution in [1.29, 1.82) is 0 Å². The number of carbonyl (C=O) groups excluding carboxylic acids is 1. The van der Waals surface area contributed by atoms with Gasteiger partial charge in [-0.1, -0.05) is 30.3 Å². The van der Waals surface area contributed by atoms with Crippen LogP contribution in [0, 0.1) is 12.7 Å². The smallest absolute Gasteiger partial charge is 0.475 e. The molecule has 6 nitrogen and oxygen atoms in total. The van der Waals surface area contributed by atoms with Crippen LogP contribution in [0.5, 0.6) is 0 Å². The number of halogens is 4. The molecule has 3 rings (SSSR count). The second-order valence-corrected chi connectivity index (χ2v) is 7.56. The molecular weight excluding hydrogens is 466 g/mol. The molecule has 2 aromatic carbocycles. The third-order valence-electron chi connectivity index (χ3n) is 4.96. The second kappa shape index (κ2) is 12.6. The first-order valence-electron chi connectivity index (χ1n) is 10.6. The first-order chi connectivity index (χ1) is 16.5. The topological polar surface area (TPSA) is 91.3 Å². The van der Waals surface area contributed by atoms with E-state index >= 15 is 0 Å². The zero-order valence-electron chi connectivity index (χ0n) is 19.1. The maximum atomic E-state index is 13.6. The van der Waals surface area contributed by atoms with Gasteiger partial charge in [-0.2, -0.15) is 13.2 Å². The van der Waals surface area contributed by atoms with E-state index in [1.807, 2.05) is 12.1 Å². The molecule has 1 aromatic heterocycles. The number of hydrogen-bond donors (Lipinski definition) is 3. The van der Waals surface area contributed by atoms with Gasteiger partial charge in [0.25, 0.3) is 5.91 Å². The lowest BCUT2D eigenvalue weighted by atomic mass is 10.0. The van der Waals surface area contributed by atoms with E-state index in [1.165, 1.54) is 11.6 Å². The summed E-state index contributed by atoms with van der Waals surface area (Å²) in [5.74, 6) is -3.39. The Kier molecular flexibility index (Phi) is 9.89. The van der Waals surface area contributed by atoms with E-state index in [0.29, 0.717) is 24.2 Å². The maximum Gasteiger partial charge on any atom is 0.490 e. The minimum atomic E-state index is -5.08. The van der Waals surface area contributed by atoms with Crippen LogP contribution in [0.1, 0.15) is 34.5 Å². The molecule has 0 saturated heterocycles. The predicted octanol–water partition coefficient (Wildman–Crippen LogP) is 4.91. The molecule has 1 amide bonds. The lowest BCUT2D eigenvalue weighted by molar-refractivity contribution is -0.192. The van der Waals surface area contributed by atoms with E-state index in [0.717, 1.165) is 11.1 Å². The molecule has 1 heterocycles. The van der Waals surface area contributed by atoms with Crippen molar-refractivity contribution in [2.45, 2.75) is 26.1 Å². The molecule has 0 saturated carbocycles. The third-order valence-corrected chi connectivity index (χ3v) is 4.96. The summed E-state index contributed by atoms with van der Waals surface area (Å²) in [5.41, 5.74) is 4.32. The largest absolute Gasteiger partial charge is 0.490 e. The highest BCUT2D eigenvalue weighted by atomic mass is 19.4. The van der Waals surface area contributed by atoms with Crippen molar-refractivity contribution in [3.05, 3.63) is 89.5 Å². The number of nitrogens with one attached hydrogen (secondary N) is 2. The molecule has 0 aliphatic rings. The molecule has 1 unspecified atom stereocenters. The lowest BCUT2D eigenvalue weighted by Crippen LogP contribution is -2.33. The molecule has 3 aromatic rings. The summed E-state index contributed by atoms with van der Waals surface area (Å²) < 4.78 is 45.3. The average molecular weight is 491 g/mol. The van der Waals surface area contributed by atoms with Gasteiger partial charge >= 0.3 is 12.1 Å². The van der Waals surface area contributed by atoms with Gasteiger partial charge in [-0.05, 0) is 60.4 Å². The Labute approximate surface area is 200 Å². The van der Waals surface area contributed by atoms with E-state index < -0.39 is 12.1 Å². The Morgan fingerprint density at radius 1 is 0.971 bits per heavy atom. The molecule has 1 atom stereocenters. The summed E-state index contributed by atoms with van der Waals surface area (Å²) in [4.78, 5) is 25.0. The van der Waals surface area contributed by atoms with Gasteiger partial charge in [0.1, 0.15) is 5.82 Å². The molecule has 0 bridgehead atoms. The number of aromatic nitrogens is 1. The minimum absolute atomic E-state index is 0.153. The van der Waals surface area contributed by atoms with Crippen molar-refractivity contribution in [3.8, 4) is 11.1 Å². The fraction of sp³-hybridized carbons (Fsp3) is 0.240. The van der Waals surface area contributed by atoms with Gasteiger partial charge in [-0.3, -0.25) is 9.78 Å². The van der Waals surface area contributed by atoms with E-state index in [4.69, 9.17) is 9.90 Å². The van der Waals surface area contributed by atoms with Gasteiger partial charge in [0.15, 0.2) is 0 Å². The number of alkyl halides is 3. The number of hydrogen-bond acceptors (Lipinski definition) is 4. The average Bonchev–Trinajstić information content (AvgIpc) is 2.83. The summed E-state index contributed by atoms with van der Waals surface area (Å²) >= 11 is 0. The third kappa shape index (κ3) is 8.82. The molecule has 186 valence electrons. The number of rotatable bonds is 7. The molecule has 10 heteroatoms. The van der Waals surface area contributed by atoms with Crippen molar-refractivity contribution in [2.24, 2.45) is 0 Å². The predicted molar refractivity (Wildman–Crippen MR) is 123 cm³/mol. The zero-order valence-corrected chi connectivity index (χ0v) is 19.1. The van der Waals surface area contributed by atoms with Crippen LogP contribution in [0.15, 0.2) is 67.0 Å². The maximum absolute atomic E-state index is 13.6. The van der Waals surface area contributed by atoms with E-state index in [9.17, 15) is 22.4 Å². The van der Waals surface area contributed by atoms with Gasteiger partial charge < -0.3 is 15.7 Å². The molecule has 3 N–H and O–H groups in total. The fourth-order valence-electron chi connectivity index (χ4n) is 2.93. The highest BCUT2D eigenvalue weighted by Gasteiger charge is 2.38. The lowest BCUT2D eigenvalue weighted by Gasteiger charge is -2.15. The van der Waals surface area contributed by atoms with E-state index in [2.05, 4.69) is 46.8 Å². The van der Waals surface area contributed by atoms with Crippen LogP contribution in [-0.4, -0.2) is 41.2 Å². The summed E-state index contributed by atoms with van der Waals surface area (Å²) in [6, 6.07) is 17.0. The number of amides is 1. The van der Waals surface area contributed by atoms with Crippen molar-refractivity contribution >= 4 is 11.9 Å². The SMILES string of the molecule is Cc1ccc(C(=O)NCCNC(C)c2ccc(-c3ccncc3)cc2)cc1F.O=C(O)C(F)(F)F. The second-order valence-electron chi connectivity index (χ2n) is 7.56. The molecule has 0 aliphatic heterocycles. The van der Waals surface area contributed by atoms with Gasteiger partial charge in [-0.15, -0.1) is 0 Å². The van der Waals surface area contributed by atoms with Crippen LogP contribution in [0.2, 0.25) is 0 Å². The van der Waals surface area contributed by atoms with Gasteiger partial charge in [0.2, 0.25) is 0 Å². The molecule has 0 fully saturated rings. The van der Waals surface area contributed by atoms with Crippen LogP contribution in [0.3, 0.4) is 0 Å². The minimum Gasteiger partial charge on any atom is -0.475 e. The Morgan fingerprint density at radius 3 is 2.09 bits per heavy atom. The van der Waals surface area contributed by atoms with Gasteiger partial charge in [0, 0.05) is 37.1 Å². The van der Waals surface area contributed by atoms with Crippen molar-refractivity contribution in [3.63, 3.8) is 0 Å². The van der Waals surface area contributed by atoms with Crippen LogP contribution in [0.4, 0.5) is 17.6 Å². The van der Waals surface area contributed by atoms with E-state index in [-0.39, 0.29) is 17.8 Å². The van der Waals surface area contributed by atoms with Crippen LogP contribution >= 0.6 is 0 Å².